The maximum atomic E-state index is 12.7. The summed E-state index contributed by atoms with van der Waals surface area (Å²) in [4.78, 5) is 12.8. The highest BCUT2D eigenvalue weighted by atomic mass is 19.4. The number of rotatable bonds is 6. The summed E-state index contributed by atoms with van der Waals surface area (Å²) in [5, 5.41) is 8.98. The van der Waals surface area contributed by atoms with Gasteiger partial charge in [0.15, 0.2) is 0 Å². The smallest absolute Gasteiger partial charge is 0.416 e. The summed E-state index contributed by atoms with van der Waals surface area (Å²) in [6, 6.07) is 4.16. The third kappa shape index (κ3) is 11.5. The molecule has 1 heterocycles. The summed E-state index contributed by atoms with van der Waals surface area (Å²) < 4.78 is 75.4. The molecule has 0 saturated carbocycles. The zero-order valence-corrected chi connectivity index (χ0v) is 19.1. The zero-order chi connectivity index (χ0) is 25.4. The molecule has 1 aliphatic heterocycles. The van der Waals surface area contributed by atoms with E-state index in [0.29, 0.717) is 24.9 Å². The van der Waals surface area contributed by atoms with E-state index in [4.69, 9.17) is 11.5 Å². The number of benzene rings is 1. The minimum Gasteiger partial charge on any atom is -0.481 e. The number of nitrogens with zero attached hydrogens (tertiary/aromatic N) is 1. The van der Waals surface area contributed by atoms with E-state index in [1.54, 1.807) is 0 Å². The van der Waals surface area contributed by atoms with Gasteiger partial charge >= 0.3 is 18.3 Å². The van der Waals surface area contributed by atoms with Crippen molar-refractivity contribution in [1.29, 1.82) is 0 Å². The molecule has 0 radical (unpaired) electrons. The third-order valence-electron chi connectivity index (χ3n) is 5.25. The first kappa shape index (κ1) is 28.8. The average Bonchev–Trinajstić information content (AvgIpc) is 2.67. The number of carboxylic acids is 1. The minimum absolute atomic E-state index is 0.0620. The Morgan fingerprint density at radius 3 is 2.09 bits per heavy atom. The second kappa shape index (κ2) is 11.8. The molecule has 1 aromatic rings. The summed E-state index contributed by atoms with van der Waals surface area (Å²) in [5.41, 5.74) is -0.169. The lowest BCUT2D eigenvalue weighted by molar-refractivity contribution is -0.140. The molecule has 2 atom stereocenters. The number of hydrogen-bond acceptors (Lipinski definition) is 2. The van der Waals surface area contributed by atoms with E-state index in [0.717, 1.165) is 12.1 Å². The summed E-state index contributed by atoms with van der Waals surface area (Å²) >= 11 is 0. The lowest BCUT2D eigenvalue weighted by Crippen LogP contribution is -2.38. The lowest BCUT2D eigenvalue weighted by Gasteiger charge is -2.39. The van der Waals surface area contributed by atoms with Gasteiger partial charge in [0.25, 0.3) is 0 Å². The molecule has 0 bridgehead atoms. The Kier molecular flexibility index (Phi) is 10.3. The Balaban J connectivity index is 0.000000801. The van der Waals surface area contributed by atoms with Gasteiger partial charge in [-0.1, -0.05) is 12.1 Å². The van der Waals surface area contributed by atoms with Crippen molar-refractivity contribution in [2.24, 2.45) is 11.3 Å². The van der Waals surface area contributed by atoms with Crippen LogP contribution >= 0.6 is 0 Å². The van der Waals surface area contributed by atoms with Crippen molar-refractivity contribution in [3.05, 3.63) is 35.4 Å². The number of hydrogen-bond donors (Lipinski definition) is 1. The predicted octanol–water partition coefficient (Wildman–Crippen LogP) is 6.94. The van der Waals surface area contributed by atoms with Crippen molar-refractivity contribution in [3.63, 3.8) is 0 Å². The zero-order valence-electron chi connectivity index (χ0n) is 19.1. The van der Waals surface area contributed by atoms with Gasteiger partial charge in [0.05, 0.1) is 5.56 Å². The molecule has 33 heavy (non-hydrogen) atoms. The fraction of sp³-hybridized carbons (Fsp3) is 0.625. The van der Waals surface area contributed by atoms with Gasteiger partial charge in [0, 0.05) is 24.3 Å². The molecule has 1 fully saturated rings. The van der Waals surface area contributed by atoms with Crippen LogP contribution in [0.5, 0.6) is 0 Å². The second-order valence-electron chi connectivity index (χ2n) is 9.27. The van der Waals surface area contributed by atoms with Gasteiger partial charge in [0.2, 0.25) is 0 Å². The molecular weight excluding hydrogens is 448 g/mol. The molecule has 1 aromatic carbocycles. The number of terminal acetylenes is 1. The van der Waals surface area contributed by atoms with Crippen LogP contribution in [0, 0.1) is 23.7 Å². The Morgan fingerprint density at radius 2 is 1.67 bits per heavy atom. The fourth-order valence-corrected chi connectivity index (χ4v) is 3.51. The van der Waals surface area contributed by atoms with E-state index in [2.05, 4.69) is 5.92 Å². The van der Waals surface area contributed by atoms with Crippen LogP contribution in [-0.4, -0.2) is 35.2 Å². The third-order valence-corrected chi connectivity index (χ3v) is 5.25. The van der Waals surface area contributed by atoms with Crippen LogP contribution in [0.3, 0.4) is 0 Å². The molecule has 0 spiro atoms. The van der Waals surface area contributed by atoms with Crippen LogP contribution in [0.4, 0.5) is 26.3 Å². The maximum Gasteiger partial charge on any atom is 0.416 e. The number of aliphatic carboxylic acids is 1. The highest BCUT2D eigenvalue weighted by Crippen LogP contribution is 2.38. The number of halogens is 6. The quantitative estimate of drug-likeness (QED) is 0.355. The minimum atomic E-state index is -4.47. The Bertz CT molecular complexity index is 788. The van der Waals surface area contributed by atoms with Crippen LogP contribution in [-0.2, 0) is 11.0 Å². The number of piperidine rings is 1. The molecule has 1 N–H and O–H groups in total. The summed E-state index contributed by atoms with van der Waals surface area (Å²) in [7, 11) is 0. The normalized spacial score (nSPS) is 19.9. The summed E-state index contributed by atoms with van der Waals surface area (Å²) in [6.45, 7) is 6.60. The van der Waals surface area contributed by atoms with Gasteiger partial charge in [-0.2, -0.15) is 26.3 Å². The first-order valence-corrected chi connectivity index (χ1v) is 10.7. The largest absolute Gasteiger partial charge is 0.481 e. The average molecular weight is 480 g/mol. The van der Waals surface area contributed by atoms with Gasteiger partial charge < -0.3 is 5.11 Å². The van der Waals surface area contributed by atoms with Crippen LogP contribution in [0.2, 0.25) is 0 Å². The monoisotopic (exact) mass is 479 g/mol. The summed E-state index contributed by atoms with van der Waals surface area (Å²) in [6.07, 6.45) is -3.84. The Labute approximate surface area is 191 Å². The second-order valence-corrected chi connectivity index (χ2v) is 9.27. The van der Waals surface area contributed by atoms with Crippen LogP contribution in [0.15, 0.2) is 24.3 Å². The molecule has 3 nitrogen and oxygen atoms in total. The SMILES string of the molecule is C#CC(C)(C)C.O=C(O)CC1CCN(CCCC(F)(F)F)[C@H](c2ccc(C(F)(F)F)cc2)C1. The van der Waals surface area contributed by atoms with Gasteiger partial charge in [-0.3, -0.25) is 9.69 Å². The van der Waals surface area contributed by atoms with E-state index >= 15 is 0 Å². The van der Waals surface area contributed by atoms with Crippen LogP contribution < -0.4 is 0 Å². The lowest BCUT2D eigenvalue weighted by atomic mass is 9.85. The Hall–Kier alpha value is -2.21. The van der Waals surface area contributed by atoms with Crippen molar-refractivity contribution >= 4 is 5.97 Å². The van der Waals surface area contributed by atoms with Gasteiger partial charge in [-0.25, -0.2) is 0 Å². The standard InChI is InChI=1S/C18H21F6NO2.C6H10/c19-17(20,21)7-1-8-25-9-6-12(11-16(26)27)10-15(25)13-2-4-14(5-3-13)18(22,23)24;1-5-6(2,3)4/h2-5,12,15H,1,6-11H2,(H,26,27);1H,2-4H3/t12?,15-;/m0./s1. The van der Waals surface area contributed by atoms with Crippen LogP contribution in [0.25, 0.3) is 0 Å². The van der Waals surface area contributed by atoms with E-state index in [1.165, 1.54) is 12.1 Å². The molecular formula is C24H31F6NO2. The molecule has 0 aromatic heterocycles. The highest BCUT2D eigenvalue weighted by molar-refractivity contribution is 5.67. The van der Waals surface area contributed by atoms with E-state index in [-0.39, 0.29) is 30.7 Å². The Morgan fingerprint density at radius 1 is 1.12 bits per heavy atom. The summed E-state index contributed by atoms with van der Waals surface area (Å²) in [5.74, 6) is 1.48. The van der Waals surface area contributed by atoms with Crippen LogP contribution in [0.1, 0.15) is 70.0 Å². The van der Waals surface area contributed by atoms with Crippen molar-refractivity contribution in [2.75, 3.05) is 13.1 Å². The predicted molar refractivity (Wildman–Crippen MR) is 114 cm³/mol. The number of alkyl halides is 6. The first-order valence-electron chi connectivity index (χ1n) is 10.7. The molecule has 1 saturated heterocycles. The van der Waals surface area contributed by atoms with Crippen molar-refractivity contribution in [2.45, 2.75) is 71.3 Å². The molecule has 1 aliphatic rings. The van der Waals surface area contributed by atoms with Gasteiger partial charge in [0.1, 0.15) is 0 Å². The molecule has 2 rings (SSSR count). The van der Waals surface area contributed by atoms with E-state index in [1.807, 2.05) is 25.7 Å². The first-order chi connectivity index (χ1) is 15.0. The van der Waals surface area contributed by atoms with Crippen molar-refractivity contribution in [1.82, 2.24) is 4.90 Å². The fourth-order valence-electron chi connectivity index (χ4n) is 3.51. The van der Waals surface area contributed by atoms with Crippen molar-refractivity contribution in [3.8, 4) is 12.3 Å². The molecule has 0 aliphatic carbocycles. The van der Waals surface area contributed by atoms with E-state index < -0.39 is 36.3 Å². The van der Waals surface area contributed by atoms with Gasteiger partial charge in [-0.15, -0.1) is 12.3 Å². The number of likely N-dealkylation sites (tertiary alicyclic amines) is 1. The highest BCUT2D eigenvalue weighted by Gasteiger charge is 2.34. The van der Waals surface area contributed by atoms with Gasteiger partial charge in [-0.05, 0) is 76.7 Å². The molecule has 9 heteroatoms. The molecule has 1 unspecified atom stereocenters. The van der Waals surface area contributed by atoms with Crippen molar-refractivity contribution < 1.29 is 36.2 Å². The molecule has 0 amide bonds. The number of carbonyl (C=O) groups is 1. The number of carboxylic acid groups (broad SMARTS) is 1. The molecule has 186 valence electrons. The van der Waals surface area contributed by atoms with E-state index in [9.17, 15) is 31.1 Å². The topological polar surface area (TPSA) is 40.5 Å². The maximum absolute atomic E-state index is 12.7.